The highest BCUT2D eigenvalue weighted by molar-refractivity contribution is 5.90. The van der Waals surface area contributed by atoms with E-state index in [1.54, 1.807) is 6.07 Å². The number of halogens is 1. The molecule has 0 aliphatic carbocycles. The van der Waals surface area contributed by atoms with E-state index >= 15 is 0 Å². The fourth-order valence-corrected chi connectivity index (χ4v) is 2.39. The molecule has 5 nitrogen and oxygen atoms in total. The average molecular weight is 322 g/mol. The minimum absolute atomic E-state index is 0.0612. The molecule has 1 aromatic heterocycles. The molecule has 0 radical (unpaired) electrons. The van der Waals surface area contributed by atoms with Crippen LogP contribution in [0.4, 0.5) is 10.2 Å². The monoisotopic (exact) mass is 322 g/mol. The van der Waals surface area contributed by atoms with E-state index in [-0.39, 0.29) is 17.6 Å². The lowest BCUT2D eigenvalue weighted by Crippen LogP contribution is -2.17. The van der Waals surface area contributed by atoms with Gasteiger partial charge in [0.1, 0.15) is 17.3 Å². The van der Waals surface area contributed by atoms with Crippen molar-refractivity contribution in [1.29, 1.82) is 0 Å². The van der Waals surface area contributed by atoms with Crippen LogP contribution >= 0.6 is 0 Å². The molecular formula is C18H15FN4O. The third-order valence-electron chi connectivity index (χ3n) is 3.49. The first-order valence-electron chi connectivity index (χ1n) is 7.32. The van der Waals surface area contributed by atoms with Gasteiger partial charge in [-0.3, -0.25) is 9.78 Å². The van der Waals surface area contributed by atoms with Gasteiger partial charge in [0, 0.05) is 0 Å². The molecule has 3 aromatic rings. The van der Waals surface area contributed by atoms with E-state index < -0.39 is 5.91 Å². The van der Waals surface area contributed by atoms with Crippen LogP contribution in [0.3, 0.4) is 0 Å². The Hall–Kier alpha value is -3.28. The van der Waals surface area contributed by atoms with E-state index in [1.807, 2.05) is 36.4 Å². The molecule has 24 heavy (non-hydrogen) atoms. The van der Waals surface area contributed by atoms with Crippen molar-refractivity contribution >= 4 is 11.7 Å². The maximum Gasteiger partial charge on any atom is 0.268 e. The molecule has 0 aliphatic rings. The summed E-state index contributed by atoms with van der Waals surface area (Å²) in [5.74, 6) is -0.607. The lowest BCUT2D eigenvalue weighted by atomic mass is 9.98. The number of nitrogens with two attached hydrogens (primary N) is 1. The molecule has 1 atom stereocenters. The number of amides is 1. The fraction of sp³-hybridized carbons (Fsp3) is 0.0556. The highest BCUT2D eigenvalue weighted by Crippen LogP contribution is 2.26. The summed E-state index contributed by atoms with van der Waals surface area (Å²) in [6.45, 7) is 0. The lowest BCUT2D eigenvalue weighted by Gasteiger charge is -2.20. The van der Waals surface area contributed by atoms with E-state index in [2.05, 4.69) is 15.3 Å². The summed E-state index contributed by atoms with van der Waals surface area (Å²) in [6.07, 6.45) is 2.79. The number of carbonyl (C=O) groups is 1. The van der Waals surface area contributed by atoms with Gasteiger partial charge < -0.3 is 11.1 Å². The second-order valence-electron chi connectivity index (χ2n) is 5.20. The molecule has 0 saturated heterocycles. The van der Waals surface area contributed by atoms with Crippen molar-refractivity contribution in [3.05, 3.63) is 89.6 Å². The van der Waals surface area contributed by atoms with Crippen LogP contribution in [0.15, 0.2) is 67.0 Å². The Kier molecular flexibility index (Phi) is 4.47. The Morgan fingerprint density at radius 1 is 1.04 bits per heavy atom. The van der Waals surface area contributed by atoms with Gasteiger partial charge in [0.2, 0.25) is 0 Å². The second-order valence-corrected chi connectivity index (χ2v) is 5.20. The Bertz CT molecular complexity index is 854. The van der Waals surface area contributed by atoms with Crippen molar-refractivity contribution in [2.75, 3.05) is 5.32 Å². The van der Waals surface area contributed by atoms with Crippen LogP contribution in [-0.2, 0) is 0 Å². The van der Waals surface area contributed by atoms with E-state index in [0.29, 0.717) is 5.82 Å². The molecule has 3 rings (SSSR count). The number of aromatic nitrogens is 2. The number of primary amides is 1. The highest BCUT2D eigenvalue weighted by atomic mass is 19.1. The van der Waals surface area contributed by atoms with Crippen LogP contribution in [0.5, 0.6) is 0 Å². The average Bonchev–Trinajstić information content (AvgIpc) is 2.60. The number of hydrogen-bond acceptors (Lipinski definition) is 4. The Balaban J connectivity index is 1.99. The summed E-state index contributed by atoms with van der Waals surface area (Å²) < 4.78 is 13.6. The largest absolute Gasteiger partial charge is 0.364 e. The van der Waals surface area contributed by atoms with Gasteiger partial charge in [-0.25, -0.2) is 9.37 Å². The standard InChI is InChI=1S/C18H15FN4O/c19-14-8-4-7-13(9-14)17(12-5-2-1-3-6-12)23-16-11-21-10-15(22-16)18(20)24/h1-11,17H,(H2,20,24)(H,22,23). The fourth-order valence-electron chi connectivity index (χ4n) is 2.39. The summed E-state index contributed by atoms with van der Waals surface area (Å²) in [4.78, 5) is 19.4. The van der Waals surface area contributed by atoms with Crippen molar-refractivity contribution in [3.63, 3.8) is 0 Å². The predicted octanol–water partition coefficient (Wildman–Crippen LogP) is 2.92. The van der Waals surface area contributed by atoms with Gasteiger partial charge in [-0.1, -0.05) is 42.5 Å². The van der Waals surface area contributed by atoms with Crippen LogP contribution in [0.25, 0.3) is 0 Å². The first kappa shape index (κ1) is 15.6. The number of nitrogens with zero attached hydrogens (tertiary/aromatic N) is 2. The number of carbonyl (C=O) groups excluding carboxylic acids is 1. The third-order valence-corrected chi connectivity index (χ3v) is 3.49. The van der Waals surface area contributed by atoms with E-state index in [0.717, 1.165) is 11.1 Å². The molecule has 0 fully saturated rings. The first-order valence-corrected chi connectivity index (χ1v) is 7.32. The van der Waals surface area contributed by atoms with Gasteiger partial charge in [0.25, 0.3) is 5.91 Å². The molecule has 0 aliphatic heterocycles. The van der Waals surface area contributed by atoms with Crippen molar-refractivity contribution in [2.24, 2.45) is 5.73 Å². The molecule has 3 N–H and O–H groups in total. The van der Waals surface area contributed by atoms with Gasteiger partial charge in [-0.05, 0) is 23.3 Å². The lowest BCUT2D eigenvalue weighted by molar-refractivity contribution is 0.0995. The summed E-state index contributed by atoms with van der Waals surface area (Å²) in [6, 6.07) is 15.5. The maximum atomic E-state index is 13.6. The number of anilines is 1. The number of hydrogen-bond donors (Lipinski definition) is 2. The van der Waals surface area contributed by atoms with Crippen LogP contribution in [-0.4, -0.2) is 15.9 Å². The molecule has 0 saturated carbocycles. The molecule has 2 aromatic carbocycles. The topological polar surface area (TPSA) is 80.9 Å². The van der Waals surface area contributed by atoms with Gasteiger partial charge in [-0.2, -0.15) is 0 Å². The van der Waals surface area contributed by atoms with Gasteiger partial charge in [-0.15, -0.1) is 0 Å². The van der Waals surface area contributed by atoms with Crippen LogP contribution in [0.1, 0.15) is 27.7 Å². The molecule has 120 valence electrons. The predicted molar refractivity (Wildman–Crippen MR) is 88.9 cm³/mol. The van der Waals surface area contributed by atoms with Gasteiger partial charge in [0.05, 0.1) is 18.4 Å². The normalized spacial score (nSPS) is 11.7. The molecule has 1 amide bonds. The maximum absolute atomic E-state index is 13.6. The van der Waals surface area contributed by atoms with Crippen molar-refractivity contribution in [3.8, 4) is 0 Å². The third kappa shape index (κ3) is 3.55. The van der Waals surface area contributed by atoms with Crippen LogP contribution < -0.4 is 11.1 Å². The SMILES string of the molecule is NC(=O)c1cncc(NC(c2ccccc2)c2cccc(F)c2)n1. The Labute approximate surface area is 138 Å². The quantitative estimate of drug-likeness (QED) is 0.757. The number of benzene rings is 2. The van der Waals surface area contributed by atoms with Crippen molar-refractivity contribution in [2.45, 2.75) is 6.04 Å². The van der Waals surface area contributed by atoms with Crippen LogP contribution in [0, 0.1) is 5.82 Å². The first-order chi connectivity index (χ1) is 11.6. The zero-order valence-corrected chi connectivity index (χ0v) is 12.7. The smallest absolute Gasteiger partial charge is 0.268 e. The van der Waals surface area contributed by atoms with E-state index in [1.165, 1.54) is 24.5 Å². The minimum atomic E-state index is -0.659. The summed E-state index contributed by atoms with van der Waals surface area (Å²) >= 11 is 0. The minimum Gasteiger partial charge on any atom is -0.364 e. The highest BCUT2D eigenvalue weighted by Gasteiger charge is 2.16. The summed E-state index contributed by atoms with van der Waals surface area (Å²) in [5.41, 5.74) is 6.95. The molecule has 1 heterocycles. The number of rotatable bonds is 5. The number of nitrogens with one attached hydrogen (secondary N) is 1. The summed E-state index contributed by atoms with van der Waals surface area (Å²) in [5, 5.41) is 3.19. The van der Waals surface area contributed by atoms with Gasteiger partial charge in [0.15, 0.2) is 0 Å². The van der Waals surface area contributed by atoms with Gasteiger partial charge >= 0.3 is 0 Å². The molecular weight excluding hydrogens is 307 g/mol. The Morgan fingerprint density at radius 3 is 2.50 bits per heavy atom. The van der Waals surface area contributed by atoms with Crippen molar-refractivity contribution < 1.29 is 9.18 Å². The second kappa shape index (κ2) is 6.87. The van der Waals surface area contributed by atoms with E-state index in [4.69, 9.17) is 5.73 Å². The molecule has 1 unspecified atom stereocenters. The molecule has 0 spiro atoms. The van der Waals surface area contributed by atoms with Crippen molar-refractivity contribution in [1.82, 2.24) is 9.97 Å². The zero-order chi connectivity index (χ0) is 16.9. The molecule has 0 bridgehead atoms. The van der Waals surface area contributed by atoms with Crippen LogP contribution in [0.2, 0.25) is 0 Å². The van der Waals surface area contributed by atoms with E-state index in [9.17, 15) is 9.18 Å². The zero-order valence-electron chi connectivity index (χ0n) is 12.7. The molecule has 6 heteroatoms. The Morgan fingerprint density at radius 2 is 1.79 bits per heavy atom. The summed E-state index contributed by atoms with van der Waals surface area (Å²) in [7, 11) is 0.